The van der Waals surface area contributed by atoms with Crippen LogP contribution >= 0.6 is 0 Å². The van der Waals surface area contributed by atoms with Crippen LogP contribution in [0.5, 0.6) is 0 Å². The molecule has 4 atom stereocenters. The third-order valence-electron chi connectivity index (χ3n) is 4.36. The van der Waals surface area contributed by atoms with Crippen molar-refractivity contribution in [2.75, 3.05) is 6.54 Å². The normalized spacial score (nSPS) is 15.0. The third-order valence-corrected chi connectivity index (χ3v) is 4.36. The van der Waals surface area contributed by atoms with Crippen LogP contribution in [0, 0.1) is 11.8 Å². The third kappa shape index (κ3) is 9.88. The molecule has 0 heterocycles. The molecule has 0 aliphatic rings. The van der Waals surface area contributed by atoms with Crippen molar-refractivity contribution in [1.82, 2.24) is 16.0 Å². The van der Waals surface area contributed by atoms with Crippen LogP contribution in [-0.4, -0.2) is 59.4 Å². The van der Waals surface area contributed by atoms with Crippen LogP contribution in [0.2, 0.25) is 0 Å². The summed E-state index contributed by atoms with van der Waals surface area (Å²) in [7, 11) is 0. The van der Waals surface area contributed by atoms with E-state index in [1.165, 1.54) is 0 Å². The summed E-state index contributed by atoms with van der Waals surface area (Å²) < 4.78 is 0. The van der Waals surface area contributed by atoms with Gasteiger partial charge in [-0.15, -0.1) is 0 Å². The summed E-state index contributed by atoms with van der Waals surface area (Å²) in [6.07, 6.45) is 0.257. The van der Waals surface area contributed by atoms with E-state index in [9.17, 15) is 29.1 Å². The Morgan fingerprint density at radius 3 is 1.93 bits per heavy atom. The zero-order valence-electron chi connectivity index (χ0n) is 17.4. The van der Waals surface area contributed by atoms with Crippen LogP contribution in [0.4, 0.5) is 0 Å². The molecule has 0 saturated heterocycles. The van der Waals surface area contributed by atoms with Gasteiger partial charge in [0.05, 0.1) is 13.0 Å². The maximum Gasteiger partial charge on any atom is 0.326 e. The lowest BCUT2D eigenvalue weighted by Gasteiger charge is -2.27. The van der Waals surface area contributed by atoms with Gasteiger partial charge >= 0.3 is 5.97 Å². The van der Waals surface area contributed by atoms with Crippen molar-refractivity contribution in [2.24, 2.45) is 23.3 Å². The van der Waals surface area contributed by atoms with E-state index in [1.54, 1.807) is 13.8 Å². The molecule has 0 aliphatic carbocycles. The monoisotopic (exact) mass is 415 g/mol. The number of carbonyl (C=O) groups is 5. The van der Waals surface area contributed by atoms with Gasteiger partial charge in [0, 0.05) is 0 Å². The van der Waals surface area contributed by atoms with Gasteiger partial charge in [0.15, 0.2) is 0 Å². The van der Waals surface area contributed by atoms with Gasteiger partial charge in [-0.25, -0.2) is 4.79 Å². The van der Waals surface area contributed by atoms with E-state index in [0.717, 1.165) is 0 Å². The Morgan fingerprint density at radius 2 is 1.52 bits per heavy atom. The molecular formula is C18H33N5O6. The number of carboxylic acid groups (broad SMARTS) is 1. The minimum atomic E-state index is -1.30. The van der Waals surface area contributed by atoms with Crippen molar-refractivity contribution in [3.63, 3.8) is 0 Å². The van der Waals surface area contributed by atoms with E-state index < -0.39 is 60.7 Å². The van der Waals surface area contributed by atoms with E-state index in [4.69, 9.17) is 11.5 Å². The standard InChI is InChI=1S/C18H33N5O6/c1-5-10(4)15(17(27)22-12(18(28)29)6-9(2)3)23-16(26)11(7-13(20)24)21-14(25)8-19/h9-12,15H,5-8,19H2,1-4H3,(H2,20,24)(H,21,25)(H,22,27)(H,23,26)(H,28,29). The first-order valence-electron chi connectivity index (χ1n) is 9.54. The summed E-state index contributed by atoms with van der Waals surface area (Å²) in [4.78, 5) is 59.5. The minimum Gasteiger partial charge on any atom is -0.480 e. The van der Waals surface area contributed by atoms with Gasteiger partial charge in [-0.2, -0.15) is 0 Å². The molecule has 4 unspecified atom stereocenters. The molecule has 166 valence electrons. The summed E-state index contributed by atoms with van der Waals surface area (Å²) in [6, 6.07) is -3.47. The molecule has 11 nitrogen and oxygen atoms in total. The number of nitrogens with two attached hydrogens (primary N) is 2. The molecule has 11 heteroatoms. The van der Waals surface area contributed by atoms with Gasteiger partial charge in [-0.3, -0.25) is 19.2 Å². The maximum absolute atomic E-state index is 12.7. The molecule has 0 aliphatic heterocycles. The lowest BCUT2D eigenvalue weighted by Crippen LogP contribution is -2.58. The average Bonchev–Trinajstić information content (AvgIpc) is 2.62. The fraction of sp³-hybridized carbons (Fsp3) is 0.722. The van der Waals surface area contributed by atoms with Crippen molar-refractivity contribution in [1.29, 1.82) is 0 Å². The predicted octanol–water partition coefficient (Wildman–Crippen LogP) is -1.55. The van der Waals surface area contributed by atoms with Gasteiger partial charge < -0.3 is 32.5 Å². The minimum absolute atomic E-state index is 0.0273. The molecule has 0 bridgehead atoms. The fourth-order valence-electron chi connectivity index (χ4n) is 2.57. The van der Waals surface area contributed by atoms with Gasteiger partial charge in [-0.05, 0) is 18.3 Å². The van der Waals surface area contributed by atoms with Crippen molar-refractivity contribution in [3.8, 4) is 0 Å². The van der Waals surface area contributed by atoms with E-state index in [0.29, 0.717) is 6.42 Å². The van der Waals surface area contributed by atoms with Gasteiger partial charge in [-0.1, -0.05) is 34.1 Å². The quantitative estimate of drug-likeness (QED) is 0.209. The van der Waals surface area contributed by atoms with Gasteiger partial charge in [0.1, 0.15) is 18.1 Å². The second-order valence-electron chi connectivity index (χ2n) is 7.40. The molecule has 0 fully saturated rings. The Morgan fingerprint density at radius 1 is 0.931 bits per heavy atom. The molecule has 0 spiro atoms. The van der Waals surface area contributed by atoms with E-state index in [-0.39, 0.29) is 18.3 Å². The van der Waals surface area contributed by atoms with Crippen LogP contribution in [-0.2, 0) is 24.0 Å². The highest BCUT2D eigenvalue weighted by Gasteiger charge is 2.32. The van der Waals surface area contributed by atoms with Crippen molar-refractivity contribution >= 4 is 29.6 Å². The molecule has 0 aromatic heterocycles. The summed E-state index contributed by atoms with van der Waals surface area (Å²) in [6.45, 7) is 6.77. The summed E-state index contributed by atoms with van der Waals surface area (Å²) in [5.74, 6) is -4.44. The molecule has 0 aromatic rings. The number of aliphatic carboxylic acids is 1. The maximum atomic E-state index is 12.7. The molecule has 0 rings (SSSR count). The highest BCUT2D eigenvalue weighted by molar-refractivity contribution is 5.95. The molecule has 8 N–H and O–H groups in total. The van der Waals surface area contributed by atoms with E-state index >= 15 is 0 Å². The molecule has 0 radical (unpaired) electrons. The molecule has 29 heavy (non-hydrogen) atoms. The number of hydrogen-bond acceptors (Lipinski definition) is 6. The average molecular weight is 415 g/mol. The number of hydrogen-bond donors (Lipinski definition) is 6. The van der Waals surface area contributed by atoms with Gasteiger partial charge in [0.25, 0.3) is 0 Å². The van der Waals surface area contributed by atoms with Crippen molar-refractivity contribution in [3.05, 3.63) is 0 Å². The number of primary amides is 1. The van der Waals surface area contributed by atoms with Crippen LogP contribution in [0.15, 0.2) is 0 Å². The SMILES string of the molecule is CCC(C)C(NC(=O)C(CC(N)=O)NC(=O)CN)C(=O)NC(CC(C)C)C(=O)O. The summed E-state index contributed by atoms with van der Waals surface area (Å²) >= 11 is 0. The second kappa shape index (κ2) is 12.7. The highest BCUT2D eigenvalue weighted by Crippen LogP contribution is 2.11. The van der Waals surface area contributed by atoms with Crippen LogP contribution < -0.4 is 27.4 Å². The van der Waals surface area contributed by atoms with Crippen LogP contribution in [0.3, 0.4) is 0 Å². The number of nitrogens with one attached hydrogen (secondary N) is 3. The molecular weight excluding hydrogens is 382 g/mol. The Balaban J connectivity index is 5.45. The Hall–Kier alpha value is -2.69. The van der Waals surface area contributed by atoms with Crippen LogP contribution in [0.25, 0.3) is 0 Å². The summed E-state index contributed by atoms with van der Waals surface area (Å²) in [5, 5.41) is 16.6. The highest BCUT2D eigenvalue weighted by atomic mass is 16.4. The smallest absolute Gasteiger partial charge is 0.326 e. The first-order chi connectivity index (χ1) is 13.4. The zero-order valence-corrected chi connectivity index (χ0v) is 17.4. The van der Waals surface area contributed by atoms with E-state index in [2.05, 4.69) is 16.0 Å². The Bertz CT molecular complexity index is 610. The summed E-state index contributed by atoms with van der Waals surface area (Å²) in [5.41, 5.74) is 10.3. The molecule has 4 amide bonds. The second-order valence-corrected chi connectivity index (χ2v) is 7.40. The fourth-order valence-corrected chi connectivity index (χ4v) is 2.57. The Kier molecular flexibility index (Phi) is 11.5. The number of carboxylic acids is 1. The van der Waals surface area contributed by atoms with Gasteiger partial charge in [0.2, 0.25) is 23.6 Å². The van der Waals surface area contributed by atoms with Crippen LogP contribution in [0.1, 0.15) is 47.0 Å². The van der Waals surface area contributed by atoms with Crippen molar-refractivity contribution in [2.45, 2.75) is 65.1 Å². The largest absolute Gasteiger partial charge is 0.480 e. The Labute approximate surface area is 170 Å². The topological polar surface area (TPSA) is 194 Å². The molecule has 0 aromatic carbocycles. The number of amides is 4. The van der Waals surface area contributed by atoms with E-state index in [1.807, 2.05) is 13.8 Å². The molecule has 0 saturated carbocycles. The lowest BCUT2D eigenvalue weighted by atomic mass is 9.96. The zero-order chi connectivity index (χ0) is 22.7. The predicted molar refractivity (Wildman–Crippen MR) is 105 cm³/mol. The number of rotatable bonds is 13. The first-order valence-corrected chi connectivity index (χ1v) is 9.54. The lowest BCUT2D eigenvalue weighted by molar-refractivity contribution is -0.143. The first kappa shape index (κ1) is 26.3. The number of carbonyl (C=O) groups excluding carboxylic acids is 4. The van der Waals surface area contributed by atoms with Crippen molar-refractivity contribution < 1.29 is 29.1 Å².